The van der Waals surface area contributed by atoms with Crippen molar-refractivity contribution in [1.82, 2.24) is 5.32 Å². The number of hydrogen-bond acceptors (Lipinski definition) is 4. The molecule has 1 amide bonds. The number of benzene rings is 3. The third-order valence-electron chi connectivity index (χ3n) is 4.63. The smallest absolute Gasteiger partial charge is 0.264 e. The van der Waals surface area contributed by atoms with E-state index in [9.17, 15) is 13.2 Å². The van der Waals surface area contributed by atoms with Crippen LogP contribution in [-0.4, -0.2) is 34.0 Å². The first-order chi connectivity index (χ1) is 15.3. The molecule has 32 heavy (non-hydrogen) atoms. The van der Waals surface area contributed by atoms with Gasteiger partial charge in [0.15, 0.2) is 0 Å². The van der Waals surface area contributed by atoms with Crippen LogP contribution in [0, 0.1) is 13.8 Å². The lowest BCUT2D eigenvalue weighted by atomic mass is 10.1. The lowest BCUT2D eigenvalue weighted by Crippen LogP contribution is -2.42. The molecule has 0 aliphatic rings. The molecule has 0 spiro atoms. The highest BCUT2D eigenvalue weighted by atomic mass is 35.5. The monoisotopic (exact) mass is 472 g/mol. The number of carbonyl (C=O) groups excluding carboxylic acids is 1. The van der Waals surface area contributed by atoms with Crippen molar-refractivity contribution >= 4 is 33.2 Å². The number of halogens is 1. The van der Waals surface area contributed by atoms with E-state index in [1.165, 1.54) is 12.1 Å². The van der Waals surface area contributed by atoms with E-state index in [1.54, 1.807) is 54.6 Å². The maximum absolute atomic E-state index is 13.3. The van der Waals surface area contributed by atoms with Crippen molar-refractivity contribution in [3.63, 3.8) is 0 Å². The minimum atomic E-state index is -3.94. The highest BCUT2D eigenvalue weighted by Gasteiger charge is 2.27. The fraction of sp³-hybridized carbons (Fsp3) is 0.208. The lowest BCUT2D eigenvalue weighted by Gasteiger charge is -2.25. The molecule has 0 unspecified atom stereocenters. The van der Waals surface area contributed by atoms with Crippen LogP contribution < -0.4 is 14.4 Å². The van der Waals surface area contributed by atoms with Crippen molar-refractivity contribution in [1.29, 1.82) is 0 Å². The van der Waals surface area contributed by atoms with Gasteiger partial charge in [-0.25, -0.2) is 8.42 Å². The molecule has 1 N–H and O–H groups in total. The number of nitrogens with one attached hydrogen (secondary N) is 1. The minimum Gasteiger partial charge on any atom is -0.490 e. The zero-order chi connectivity index (χ0) is 23.1. The summed E-state index contributed by atoms with van der Waals surface area (Å²) in [6.07, 6.45) is 0. The largest absolute Gasteiger partial charge is 0.490 e. The van der Waals surface area contributed by atoms with E-state index in [0.717, 1.165) is 15.4 Å². The average Bonchev–Trinajstić information content (AvgIpc) is 2.76. The van der Waals surface area contributed by atoms with Crippen LogP contribution in [0.1, 0.15) is 11.1 Å². The standard InChI is InChI=1S/C24H25ClN2O4S/c1-18-14-19(2)16-20(15-18)27(32(29,30)21-8-4-3-5-9-21)17-24(28)26-12-13-31-23-11-7-6-10-22(23)25/h3-11,14-16H,12-13,17H2,1-2H3,(H,26,28). The van der Waals surface area contributed by atoms with Crippen LogP contribution in [0.4, 0.5) is 5.69 Å². The summed E-state index contributed by atoms with van der Waals surface area (Å²) < 4.78 is 33.4. The van der Waals surface area contributed by atoms with E-state index in [4.69, 9.17) is 16.3 Å². The van der Waals surface area contributed by atoms with E-state index < -0.39 is 15.9 Å². The Hall–Kier alpha value is -3.03. The van der Waals surface area contributed by atoms with Crippen LogP contribution in [0.25, 0.3) is 0 Å². The zero-order valence-electron chi connectivity index (χ0n) is 17.9. The van der Waals surface area contributed by atoms with E-state index in [2.05, 4.69) is 5.32 Å². The molecule has 0 aromatic heterocycles. The molecule has 3 aromatic carbocycles. The average molecular weight is 473 g/mol. The number of amides is 1. The molecule has 0 heterocycles. The van der Waals surface area contributed by atoms with Crippen LogP contribution in [-0.2, 0) is 14.8 Å². The number of para-hydroxylation sites is 1. The molecular weight excluding hydrogens is 448 g/mol. The number of aryl methyl sites for hydroxylation is 2. The second-order valence-corrected chi connectivity index (χ2v) is 9.57. The van der Waals surface area contributed by atoms with Gasteiger partial charge in [-0.2, -0.15) is 0 Å². The molecule has 6 nitrogen and oxygen atoms in total. The summed E-state index contributed by atoms with van der Waals surface area (Å²) in [4.78, 5) is 12.8. The summed E-state index contributed by atoms with van der Waals surface area (Å²) in [6, 6.07) is 20.6. The van der Waals surface area contributed by atoms with Gasteiger partial charge in [-0.15, -0.1) is 0 Å². The maximum atomic E-state index is 13.3. The van der Waals surface area contributed by atoms with Gasteiger partial charge in [-0.05, 0) is 61.4 Å². The minimum absolute atomic E-state index is 0.119. The fourth-order valence-corrected chi connectivity index (χ4v) is 4.84. The Morgan fingerprint density at radius 3 is 2.25 bits per heavy atom. The molecule has 0 fully saturated rings. The molecule has 0 saturated heterocycles. The van der Waals surface area contributed by atoms with Crippen LogP contribution in [0.3, 0.4) is 0 Å². The van der Waals surface area contributed by atoms with Gasteiger partial charge >= 0.3 is 0 Å². The maximum Gasteiger partial charge on any atom is 0.264 e. The Labute approximate surface area is 193 Å². The van der Waals surface area contributed by atoms with Crippen molar-refractivity contribution in [2.24, 2.45) is 0 Å². The van der Waals surface area contributed by atoms with Gasteiger partial charge < -0.3 is 10.1 Å². The van der Waals surface area contributed by atoms with Gasteiger partial charge in [0.25, 0.3) is 10.0 Å². The zero-order valence-corrected chi connectivity index (χ0v) is 19.5. The number of anilines is 1. The molecule has 0 radical (unpaired) electrons. The van der Waals surface area contributed by atoms with E-state index in [1.807, 2.05) is 19.9 Å². The van der Waals surface area contributed by atoms with E-state index >= 15 is 0 Å². The molecule has 0 atom stereocenters. The fourth-order valence-electron chi connectivity index (χ4n) is 3.23. The van der Waals surface area contributed by atoms with Crippen molar-refractivity contribution in [2.75, 3.05) is 24.0 Å². The number of ether oxygens (including phenoxy) is 1. The first-order valence-corrected chi connectivity index (χ1v) is 11.9. The molecule has 0 saturated carbocycles. The Morgan fingerprint density at radius 1 is 0.969 bits per heavy atom. The Balaban J connectivity index is 1.74. The van der Waals surface area contributed by atoms with Gasteiger partial charge in [0.2, 0.25) is 5.91 Å². The summed E-state index contributed by atoms with van der Waals surface area (Å²) in [5, 5.41) is 3.19. The summed E-state index contributed by atoms with van der Waals surface area (Å²) in [6.45, 7) is 3.82. The van der Waals surface area contributed by atoms with Crippen LogP contribution in [0.5, 0.6) is 5.75 Å². The number of nitrogens with zero attached hydrogens (tertiary/aromatic N) is 1. The van der Waals surface area contributed by atoms with Gasteiger partial charge in [0.1, 0.15) is 18.9 Å². The summed E-state index contributed by atoms with van der Waals surface area (Å²) in [7, 11) is -3.94. The number of carbonyl (C=O) groups is 1. The normalized spacial score (nSPS) is 11.1. The topological polar surface area (TPSA) is 75.7 Å². The highest BCUT2D eigenvalue weighted by Crippen LogP contribution is 2.26. The Bertz CT molecular complexity index is 1160. The second-order valence-electron chi connectivity index (χ2n) is 7.30. The summed E-state index contributed by atoms with van der Waals surface area (Å²) >= 11 is 6.05. The first kappa shape index (κ1) is 23.6. The Kier molecular flexibility index (Phi) is 7.77. The molecular formula is C24H25ClN2O4S. The van der Waals surface area contributed by atoms with Crippen LogP contribution in [0.2, 0.25) is 5.02 Å². The second kappa shape index (κ2) is 10.5. The third-order valence-corrected chi connectivity index (χ3v) is 6.73. The summed E-state index contributed by atoms with van der Waals surface area (Å²) in [5.74, 6) is 0.0818. The van der Waals surface area contributed by atoms with Gasteiger partial charge in [0, 0.05) is 0 Å². The number of rotatable bonds is 9. The van der Waals surface area contributed by atoms with Crippen molar-refractivity contribution < 1.29 is 17.9 Å². The molecule has 0 bridgehead atoms. The van der Waals surface area contributed by atoms with Gasteiger partial charge in [0.05, 0.1) is 22.2 Å². The molecule has 0 aliphatic carbocycles. The summed E-state index contributed by atoms with van der Waals surface area (Å²) in [5.41, 5.74) is 2.25. The predicted molar refractivity (Wildman–Crippen MR) is 127 cm³/mol. The molecule has 8 heteroatoms. The van der Waals surface area contributed by atoms with Crippen molar-refractivity contribution in [3.8, 4) is 5.75 Å². The van der Waals surface area contributed by atoms with E-state index in [-0.39, 0.29) is 24.6 Å². The number of sulfonamides is 1. The van der Waals surface area contributed by atoms with E-state index in [0.29, 0.717) is 16.5 Å². The quantitative estimate of drug-likeness (QED) is 0.470. The van der Waals surface area contributed by atoms with Gasteiger partial charge in [-0.3, -0.25) is 9.10 Å². The lowest BCUT2D eigenvalue weighted by molar-refractivity contribution is -0.119. The van der Waals surface area contributed by atoms with Crippen LogP contribution >= 0.6 is 11.6 Å². The highest BCUT2D eigenvalue weighted by molar-refractivity contribution is 7.92. The molecule has 3 aromatic rings. The molecule has 0 aliphatic heterocycles. The van der Waals surface area contributed by atoms with Crippen molar-refractivity contribution in [3.05, 3.63) is 88.9 Å². The molecule has 168 valence electrons. The van der Waals surface area contributed by atoms with Crippen LogP contribution in [0.15, 0.2) is 77.7 Å². The third kappa shape index (κ3) is 6.02. The Morgan fingerprint density at radius 2 is 1.59 bits per heavy atom. The van der Waals surface area contributed by atoms with Crippen molar-refractivity contribution in [2.45, 2.75) is 18.7 Å². The van der Waals surface area contributed by atoms with Gasteiger partial charge in [-0.1, -0.05) is 48.0 Å². The molecule has 3 rings (SSSR count). The SMILES string of the molecule is Cc1cc(C)cc(N(CC(=O)NCCOc2ccccc2Cl)S(=O)(=O)c2ccccc2)c1. The predicted octanol–water partition coefficient (Wildman–Crippen LogP) is 4.35. The first-order valence-electron chi connectivity index (χ1n) is 10.1. The number of hydrogen-bond donors (Lipinski definition) is 1.